The van der Waals surface area contributed by atoms with Crippen LogP contribution in [0.4, 0.5) is 5.69 Å². The summed E-state index contributed by atoms with van der Waals surface area (Å²) in [5.74, 6) is 1.64. The molecule has 1 aliphatic rings. The molecule has 1 aromatic heterocycles. The van der Waals surface area contributed by atoms with E-state index >= 15 is 0 Å². The van der Waals surface area contributed by atoms with Crippen molar-refractivity contribution in [2.75, 3.05) is 19.0 Å². The molecule has 0 fully saturated rings. The van der Waals surface area contributed by atoms with Crippen LogP contribution < -0.4 is 14.8 Å². The van der Waals surface area contributed by atoms with Crippen molar-refractivity contribution in [1.29, 1.82) is 0 Å². The van der Waals surface area contributed by atoms with Gasteiger partial charge in [-0.3, -0.25) is 0 Å². The lowest BCUT2D eigenvalue weighted by atomic mass is 10.0. The molecule has 0 amide bonds. The Hall–Kier alpha value is -2.23. The number of fused-ring (bicyclic) bond motifs is 1. The molecule has 1 unspecified atom stereocenters. The molecule has 3 rings (SSSR count). The number of rotatable bonds is 4. The van der Waals surface area contributed by atoms with Crippen LogP contribution in [0.15, 0.2) is 36.5 Å². The minimum atomic E-state index is 0.219. The third-order valence-electron chi connectivity index (χ3n) is 3.54. The fraction of sp³-hybridized carbons (Fsp3) is 0.312. The highest BCUT2D eigenvalue weighted by Gasteiger charge is 2.14. The molecule has 2 heterocycles. The molecule has 1 atom stereocenters. The molecular formula is C16H18N2O2. The van der Waals surface area contributed by atoms with Gasteiger partial charge in [0.05, 0.1) is 25.6 Å². The summed E-state index contributed by atoms with van der Waals surface area (Å²) < 4.78 is 10.6. The number of pyridine rings is 1. The summed E-state index contributed by atoms with van der Waals surface area (Å²) in [6.07, 6.45) is 2.78. The highest BCUT2D eigenvalue weighted by molar-refractivity contribution is 5.47. The van der Waals surface area contributed by atoms with Crippen molar-refractivity contribution < 1.29 is 9.47 Å². The molecule has 0 radical (unpaired) electrons. The SMILES string of the molecule is COc1ccc(NC(C)c2ccc3c(c2)CCO3)cn1. The number of aromatic nitrogens is 1. The molecule has 1 aromatic carbocycles. The second kappa shape index (κ2) is 5.41. The molecule has 104 valence electrons. The van der Waals surface area contributed by atoms with Gasteiger partial charge in [-0.05, 0) is 36.2 Å². The van der Waals surface area contributed by atoms with Crippen LogP contribution in [0.5, 0.6) is 11.6 Å². The topological polar surface area (TPSA) is 43.4 Å². The highest BCUT2D eigenvalue weighted by atomic mass is 16.5. The van der Waals surface area contributed by atoms with E-state index in [-0.39, 0.29) is 6.04 Å². The first-order valence-electron chi connectivity index (χ1n) is 6.78. The Bertz CT molecular complexity index is 596. The van der Waals surface area contributed by atoms with Crippen LogP contribution in [-0.4, -0.2) is 18.7 Å². The molecular weight excluding hydrogens is 252 g/mol. The van der Waals surface area contributed by atoms with E-state index in [1.165, 1.54) is 11.1 Å². The van der Waals surface area contributed by atoms with Gasteiger partial charge in [-0.25, -0.2) is 4.98 Å². The highest BCUT2D eigenvalue weighted by Crippen LogP contribution is 2.29. The largest absolute Gasteiger partial charge is 0.493 e. The van der Waals surface area contributed by atoms with Crippen LogP contribution in [0.1, 0.15) is 24.1 Å². The van der Waals surface area contributed by atoms with E-state index in [9.17, 15) is 0 Å². The van der Waals surface area contributed by atoms with Gasteiger partial charge in [0, 0.05) is 18.5 Å². The van der Waals surface area contributed by atoms with Crippen LogP contribution in [0.2, 0.25) is 0 Å². The van der Waals surface area contributed by atoms with E-state index in [1.807, 2.05) is 12.1 Å². The average Bonchev–Trinajstić information content (AvgIpc) is 2.95. The molecule has 2 aromatic rings. The van der Waals surface area contributed by atoms with Crippen LogP contribution in [0, 0.1) is 0 Å². The average molecular weight is 270 g/mol. The van der Waals surface area contributed by atoms with Gasteiger partial charge < -0.3 is 14.8 Å². The van der Waals surface area contributed by atoms with Gasteiger partial charge in [-0.15, -0.1) is 0 Å². The van der Waals surface area contributed by atoms with Gasteiger partial charge in [0.2, 0.25) is 5.88 Å². The third kappa shape index (κ3) is 2.54. The first-order valence-corrected chi connectivity index (χ1v) is 6.78. The van der Waals surface area contributed by atoms with Gasteiger partial charge in [-0.2, -0.15) is 0 Å². The van der Waals surface area contributed by atoms with E-state index < -0.39 is 0 Å². The number of benzene rings is 1. The molecule has 0 aliphatic carbocycles. The third-order valence-corrected chi connectivity index (χ3v) is 3.54. The summed E-state index contributed by atoms with van der Waals surface area (Å²) in [7, 11) is 1.62. The van der Waals surface area contributed by atoms with Gasteiger partial charge in [0.1, 0.15) is 5.75 Å². The van der Waals surface area contributed by atoms with Crippen LogP contribution in [-0.2, 0) is 6.42 Å². The number of anilines is 1. The second-order valence-corrected chi connectivity index (χ2v) is 4.92. The molecule has 4 heteroatoms. The van der Waals surface area contributed by atoms with E-state index in [0.29, 0.717) is 5.88 Å². The fourth-order valence-electron chi connectivity index (χ4n) is 2.40. The predicted molar refractivity (Wildman–Crippen MR) is 78.5 cm³/mol. The van der Waals surface area contributed by atoms with Crippen LogP contribution in [0.25, 0.3) is 0 Å². The smallest absolute Gasteiger partial charge is 0.213 e. The van der Waals surface area contributed by atoms with Crippen molar-refractivity contribution in [3.05, 3.63) is 47.7 Å². The Morgan fingerprint density at radius 1 is 1.30 bits per heavy atom. The fourth-order valence-corrected chi connectivity index (χ4v) is 2.40. The maximum Gasteiger partial charge on any atom is 0.213 e. The Labute approximate surface area is 118 Å². The summed E-state index contributed by atoms with van der Waals surface area (Å²) in [6.45, 7) is 2.94. The first kappa shape index (κ1) is 12.8. The molecule has 1 N–H and O–H groups in total. The number of hydrogen-bond donors (Lipinski definition) is 1. The first-order chi connectivity index (χ1) is 9.76. The predicted octanol–water partition coefficient (Wildman–Crippen LogP) is 3.20. The number of nitrogens with one attached hydrogen (secondary N) is 1. The van der Waals surface area contributed by atoms with Gasteiger partial charge >= 0.3 is 0 Å². The zero-order valence-electron chi connectivity index (χ0n) is 11.7. The summed E-state index contributed by atoms with van der Waals surface area (Å²) in [6, 6.07) is 10.4. The van der Waals surface area contributed by atoms with Crippen molar-refractivity contribution >= 4 is 5.69 Å². The van der Waals surface area contributed by atoms with Gasteiger partial charge in [0.25, 0.3) is 0 Å². The normalized spacial score (nSPS) is 14.3. The lowest BCUT2D eigenvalue weighted by Crippen LogP contribution is -2.07. The lowest BCUT2D eigenvalue weighted by Gasteiger charge is -2.16. The molecule has 0 bridgehead atoms. The van der Waals surface area contributed by atoms with Crippen LogP contribution in [0.3, 0.4) is 0 Å². The summed E-state index contributed by atoms with van der Waals surface area (Å²) in [4.78, 5) is 4.20. The van der Waals surface area contributed by atoms with E-state index in [1.54, 1.807) is 13.3 Å². The molecule has 0 saturated heterocycles. The number of hydrogen-bond acceptors (Lipinski definition) is 4. The van der Waals surface area contributed by atoms with Crippen LogP contribution >= 0.6 is 0 Å². The zero-order valence-corrected chi connectivity index (χ0v) is 11.7. The van der Waals surface area contributed by atoms with Crippen molar-refractivity contribution in [2.24, 2.45) is 0 Å². The van der Waals surface area contributed by atoms with Gasteiger partial charge in [-0.1, -0.05) is 6.07 Å². The Kier molecular flexibility index (Phi) is 3.46. The minimum Gasteiger partial charge on any atom is -0.493 e. The van der Waals surface area contributed by atoms with Crippen molar-refractivity contribution in [3.8, 4) is 11.6 Å². The Balaban J connectivity index is 1.73. The Morgan fingerprint density at radius 3 is 2.95 bits per heavy atom. The molecule has 20 heavy (non-hydrogen) atoms. The van der Waals surface area contributed by atoms with E-state index in [4.69, 9.17) is 9.47 Å². The molecule has 4 nitrogen and oxygen atoms in total. The maximum atomic E-state index is 5.53. The molecule has 0 spiro atoms. The maximum absolute atomic E-state index is 5.53. The minimum absolute atomic E-state index is 0.219. The second-order valence-electron chi connectivity index (χ2n) is 4.92. The van der Waals surface area contributed by atoms with Crippen molar-refractivity contribution in [1.82, 2.24) is 4.98 Å². The van der Waals surface area contributed by atoms with Crippen molar-refractivity contribution in [3.63, 3.8) is 0 Å². The monoisotopic (exact) mass is 270 g/mol. The summed E-state index contributed by atoms with van der Waals surface area (Å²) >= 11 is 0. The Morgan fingerprint density at radius 2 is 2.20 bits per heavy atom. The number of ether oxygens (including phenoxy) is 2. The van der Waals surface area contributed by atoms with Crippen molar-refractivity contribution in [2.45, 2.75) is 19.4 Å². The zero-order chi connectivity index (χ0) is 13.9. The van der Waals surface area contributed by atoms with Gasteiger partial charge in [0.15, 0.2) is 0 Å². The molecule has 0 saturated carbocycles. The lowest BCUT2D eigenvalue weighted by molar-refractivity contribution is 0.357. The summed E-state index contributed by atoms with van der Waals surface area (Å²) in [5, 5.41) is 3.44. The number of nitrogens with zero attached hydrogens (tertiary/aromatic N) is 1. The number of methoxy groups -OCH3 is 1. The molecule has 1 aliphatic heterocycles. The summed E-state index contributed by atoms with van der Waals surface area (Å²) in [5.41, 5.74) is 3.53. The standard InChI is InChI=1S/C16H18N2O2/c1-11(18-14-4-6-16(19-2)17-10-14)12-3-5-15-13(9-12)7-8-20-15/h3-6,9-11,18H,7-8H2,1-2H3. The van der Waals surface area contributed by atoms with E-state index in [0.717, 1.165) is 24.5 Å². The quantitative estimate of drug-likeness (QED) is 0.926. The van der Waals surface area contributed by atoms with E-state index in [2.05, 4.69) is 35.4 Å².